The summed E-state index contributed by atoms with van der Waals surface area (Å²) in [4.78, 5) is 32.8. The Bertz CT molecular complexity index is 563. The Morgan fingerprint density at radius 1 is 1.60 bits per heavy atom. The summed E-state index contributed by atoms with van der Waals surface area (Å²) in [6.45, 7) is 3.25. The third-order valence-electron chi connectivity index (χ3n) is 2.29. The number of hydrogen-bond acceptors (Lipinski definition) is 5. The van der Waals surface area contributed by atoms with Gasteiger partial charge in [-0.2, -0.15) is 4.68 Å². The van der Waals surface area contributed by atoms with Gasteiger partial charge in [-0.1, -0.05) is 0 Å². The van der Waals surface area contributed by atoms with Crippen LogP contribution in [0.3, 0.4) is 0 Å². The van der Waals surface area contributed by atoms with E-state index in [-0.39, 0.29) is 23.8 Å². The van der Waals surface area contributed by atoms with E-state index in [1.54, 1.807) is 14.0 Å². The Kier molecular flexibility index (Phi) is 4.95. The molecule has 0 radical (unpaired) electrons. The molecular formula is C11H15N5O4. The molecule has 1 aromatic heterocycles. The molecular weight excluding hydrogens is 266 g/mol. The van der Waals surface area contributed by atoms with Gasteiger partial charge in [0.05, 0.1) is 23.9 Å². The van der Waals surface area contributed by atoms with Crippen molar-refractivity contribution in [2.24, 2.45) is 7.05 Å². The average molecular weight is 281 g/mol. The molecule has 2 amide bonds. The fourth-order valence-corrected chi connectivity index (χ4v) is 1.49. The highest BCUT2D eigenvalue weighted by atomic mass is 16.6. The lowest BCUT2D eigenvalue weighted by molar-refractivity contribution is -0.390. The number of nitrogens with zero attached hydrogens (tertiary/aromatic N) is 4. The summed E-state index contributed by atoms with van der Waals surface area (Å²) in [6, 6.07) is 0. The van der Waals surface area contributed by atoms with E-state index in [2.05, 4.69) is 10.5 Å². The van der Waals surface area contributed by atoms with Crippen LogP contribution < -0.4 is 5.43 Å². The highest BCUT2D eigenvalue weighted by molar-refractivity contribution is 5.93. The summed E-state index contributed by atoms with van der Waals surface area (Å²) >= 11 is 0. The summed E-state index contributed by atoms with van der Waals surface area (Å²) in [6.07, 6.45) is 3.86. The number of likely N-dealkylation sites (N-methyl/N-ethyl adjacent to an activating group) is 1. The molecule has 9 nitrogen and oxygen atoms in total. The summed E-state index contributed by atoms with van der Waals surface area (Å²) < 4.78 is 1.29. The maximum atomic E-state index is 11.8. The Labute approximate surface area is 115 Å². The van der Waals surface area contributed by atoms with E-state index < -0.39 is 10.8 Å². The molecule has 108 valence electrons. The quantitative estimate of drug-likeness (QED) is 0.483. The minimum absolute atomic E-state index is 0.213. The van der Waals surface area contributed by atoms with Crippen LogP contribution in [0.2, 0.25) is 0 Å². The molecule has 0 atom stereocenters. The van der Waals surface area contributed by atoms with Crippen molar-refractivity contribution >= 4 is 23.7 Å². The van der Waals surface area contributed by atoms with Crippen molar-refractivity contribution in [3.63, 3.8) is 0 Å². The molecule has 1 N–H and O–H groups in total. The topological polar surface area (TPSA) is 110 Å². The van der Waals surface area contributed by atoms with Crippen molar-refractivity contribution in [1.82, 2.24) is 20.2 Å². The standard InChI is InChI=1S/C11H15N5O4/c1-4-15(12-8(2)17)10(18)6-5-9-7-14(3)13-11(9)16(19)20/h5-7H,4H2,1-3H3,(H,12,17)/b6-5+. The van der Waals surface area contributed by atoms with Crippen LogP contribution in [-0.2, 0) is 16.6 Å². The predicted molar refractivity (Wildman–Crippen MR) is 70.1 cm³/mol. The molecule has 0 aliphatic rings. The summed E-state index contributed by atoms with van der Waals surface area (Å²) in [7, 11) is 1.54. The minimum Gasteiger partial charge on any atom is -0.358 e. The lowest BCUT2D eigenvalue weighted by atomic mass is 10.3. The van der Waals surface area contributed by atoms with Crippen molar-refractivity contribution in [2.45, 2.75) is 13.8 Å². The second-order valence-corrected chi connectivity index (χ2v) is 3.92. The summed E-state index contributed by atoms with van der Waals surface area (Å²) in [5.41, 5.74) is 2.56. The molecule has 0 aromatic carbocycles. The molecule has 1 heterocycles. The van der Waals surface area contributed by atoms with E-state index in [1.165, 1.54) is 23.9 Å². The van der Waals surface area contributed by atoms with Gasteiger partial charge >= 0.3 is 5.82 Å². The van der Waals surface area contributed by atoms with E-state index in [0.29, 0.717) is 0 Å². The minimum atomic E-state index is -0.629. The summed E-state index contributed by atoms with van der Waals surface area (Å²) in [5.74, 6) is -1.19. The molecule has 9 heteroatoms. The molecule has 0 saturated carbocycles. The maximum Gasteiger partial charge on any atom is 0.397 e. The summed E-state index contributed by atoms with van der Waals surface area (Å²) in [5, 5.41) is 15.5. The van der Waals surface area contributed by atoms with Crippen molar-refractivity contribution in [3.05, 3.63) is 28.0 Å². The second kappa shape index (κ2) is 6.45. The molecule has 0 bridgehead atoms. The number of hydrogen-bond donors (Lipinski definition) is 1. The zero-order chi connectivity index (χ0) is 15.3. The van der Waals surface area contributed by atoms with Crippen LogP contribution in [0.1, 0.15) is 19.4 Å². The first-order valence-corrected chi connectivity index (χ1v) is 5.80. The van der Waals surface area contributed by atoms with Gasteiger partial charge in [0.2, 0.25) is 5.91 Å². The normalized spacial score (nSPS) is 10.6. The zero-order valence-corrected chi connectivity index (χ0v) is 11.4. The van der Waals surface area contributed by atoms with Crippen molar-refractivity contribution in [2.75, 3.05) is 6.54 Å². The van der Waals surface area contributed by atoms with Gasteiger partial charge in [-0.25, -0.2) is 0 Å². The third kappa shape index (κ3) is 3.90. The molecule has 0 saturated heterocycles. The van der Waals surface area contributed by atoms with Gasteiger partial charge in [0.1, 0.15) is 0 Å². The van der Waals surface area contributed by atoms with Crippen LogP contribution >= 0.6 is 0 Å². The van der Waals surface area contributed by atoms with E-state index in [1.807, 2.05) is 0 Å². The highest BCUT2D eigenvalue weighted by Gasteiger charge is 2.17. The highest BCUT2D eigenvalue weighted by Crippen LogP contribution is 2.16. The van der Waals surface area contributed by atoms with Crippen molar-refractivity contribution in [1.29, 1.82) is 0 Å². The van der Waals surface area contributed by atoms with Crippen LogP contribution in [0.4, 0.5) is 5.82 Å². The van der Waals surface area contributed by atoms with Crippen molar-refractivity contribution < 1.29 is 14.5 Å². The van der Waals surface area contributed by atoms with Gasteiger partial charge in [0, 0.05) is 19.5 Å². The molecule has 20 heavy (non-hydrogen) atoms. The lowest BCUT2D eigenvalue weighted by Crippen LogP contribution is -2.44. The van der Waals surface area contributed by atoms with Gasteiger partial charge in [-0.3, -0.25) is 20.0 Å². The third-order valence-corrected chi connectivity index (χ3v) is 2.29. The van der Waals surface area contributed by atoms with Gasteiger partial charge < -0.3 is 10.1 Å². The Morgan fingerprint density at radius 3 is 2.75 bits per heavy atom. The van der Waals surface area contributed by atoms with Gasteiger partial charge in [0.25, 0.3) is 5.91 Å². The molecule has 0 spiro atoms. The van der Waals surface area contributed by atoms with Crippen LogP contribution in [0.15, 0.2) is 12.3 Å². The number of aryl methyl sites for hydroxylation is 1. The molecule has 0 aliphatic carbocycles. The number of nitro groups is 1. The number of amides is 2. The number of rotatable bonds is 4. The van der Waals surface area contributed by atoms with Gasteiger partial charge in [-0.15, -0.1) is 0 Å². The first-order chi connectivity index (χ1) is 9.35. The SMILES string of the molecule is CCN(NC(C)=O)C(=O)/C=C/c1cn(C)nc1[N+](=O)[O-]. The zero-order valence-electron chi connectivity index (χ0n) is 11.4. The maximum absolute atomic E-state index is 11.8. The fourth-order valence-electron chi connectivity index (χ4n) is 1.49. The van der Waals surface area contributed by atoms with Crippen LogP contribution in [0, 0.1) is 10.1 Å². The van der Waals surface area contributed by atoms with Crippen LogP contribution in [-0.4, -0.2) is 38.1 Å². The molecule has 1 rings (SSSR count). The number of carbonyl (C=O) groups is 2. The van der Waals surface area contributed by atoms with E-state index in [4.69, 9.17) is 0 Å². The van der Waals surface area contributed by atoms with Crippen molar-refractivity contribution in [3.8, 4) is 0 Å². The van der Waals surface area contributed by atoms with E-state index in [0.717, 1.165) is 11.1 Å². The van der Waals surface area contributed by atoms with Crippen LogP contribution in [0.25, 0.3) is 6.08 Å². The van der Waals surface area contributed by atoms with E-state index in [9.17, 15) is 19.7 Å². The number of carbonyl (C=O) groups excluding carboxylic acids is 2. The molecule has 0 aliphatic heterocycles. The first-order valence-electron chi connectivity index (χ1n) is 5.80. The predicted octanol–water partition coefficient (Wildman–Crippen LogP) is 0.241. The average Bonchev–Trinajstić information content (AvgIpc) is 2.74. The van der Waals surface area contributed by atoms with Gasteiger partial charge in [0.15, 0.2) is 0 Å². The Hall–Kier alpha value is -2.71. The largest absolute Gasteiger partial charge is 0.397 e. The number of hydrazine groups is 1. The monoisotopic (exact) mass is 281 g/mol. The Balaban J connectivity index is 2.89. The second-order valence-electron chi connectivity index (χ2n) is 3.92. The smallest absolute Gasteiger partial charge is 0.358 e. The van der Waals surface area contributed by atoms with Gasteiger partial charge in [-0.05, 0) is 17.9 Å². The molecule has 0 unspecified atom stereocenters. The molecule has 0 fully saturated rings. The number of nitrogens with one attached hydrogen (secondary N) is 1. The van der Waals surface area contributed by atoms with E-state index >= 15 is 0 Å². The van der Waals surface area contributed by atoms with Crippen LogP contribution in [0.5, 0.6) is 0 Å². The first kappa shape index (κ1) is 15.3. The lowest BCUT2D eigenvalue weighted by Gasteiger charge is -2.18. The fraction of sp³-hybridized carbons (Fsp3) is 0.364. The number of aromatic nitrogens is 2. The Morgan fingerprint density at radius 2 is 2.25 bits per heavy atom. The molecule has 1 aromatic rings.